The highest BCUT2D eigenvalue weighted by atomic mass is 16.5. The van der Waals surface area contributed by atoms with E-state index in [1.165, 1.54) is 12.1 Å². The third kappa shape index (κ3) is 3.13. The molecule has 0 spiro atoms. The van der Waals surface area contributed by atoms with Gasteiger partial charge in [0.05, 0.1) is 5.69 Å². The van der Waals surface area contributed by atoms with Crippen LogP contribution in [0.25, 0.3) is 0 Å². The predicted octanol–water partition coefficient (Wildman–Crippen LogP) is 1.25. The summed E-state index contributed by atoms with van der Waals surface area (Å²) < 4.78 is 5.12. The fourth-order valence-corrected chi connectivity index (χ4v) is 2.31. The average Bonchev–Trinajstić information content (AvgIpc) is 3.03. The number of H-pyrrole nitrogens is 1. The van der Waals surface area contributed by atoms with E-state index in [0.717, 1.165) is 17.0 Å². The maximum absolute atomic E-state index is 12.0. The number of nitrogens with two attached hydrogens (primary N) is 1. The van der Waals surface area contributed by atoms with Gasteiger partial charge in [-0.05, 0) is 26.0 Å². The first kappa shape index (κ1) is 14.8. The van der Waals surface area contributed by atoms with E-state index in [9.17, 15) is 9.59 Å². The van der Waals surface area contributed by atoms with Crippen molar-refractivity contribution in [3.8, 4) is 0 Å². The Kier molecular flexibility index (Phi) is 4.11. The molecule has 2 amide bonds. The minimum absolute atomic E-state index is 0.0748. The van der Waals surface area contributed by atoms with Crippen LogP contribution in [-0.2, 0) is 0 Å². The van der Waals surface area contributed by atoms with Crippen LogP contribution in [0.2, 0.25) is 0 Å². The van der Waals surface area contributed by atoms with Gasteiger partial charge in [0.25, 0.3) is 11.8 Å². The Morgan fingerprint density at radius 1 is 1.38 bits per heavy atom. The Morgan fingerprint density at radius 2 is 2.05 bits per heavy atom. The highest BCUT2D eigenvalue weighted by Gasteiger charge is 2.18. The van der Waals surface area contributed by atoms with E-state index in [0.29, 0.717) is 12.2 Å². The van der Waals surface area contributed by atoms with Gasteiger partial charge in [0.2, 0.25) is 0 Å². The summed E-state index contributed by atoms with van der Waals surface area (Å²) >= 11 is 0. The fraction of sp³-hybridized carbons (Fsp3) is 0.357. The number of nitrogens with one attached hydrogen (secondary N) is 2. The molecule has 0 aliphatic heterocycles. The predicted molar refractivity (Wildman–Crippen MR) is 76.0 cm³/mol. The molecule has 2 aromatic heterocycles. The lowest BCUT2D eigenvalue weighted by Gasteiger charge is -2.12. The van der Waals surface area contributed by atoms with E-state index in [1.54, 1.807) is 0 Å². The third-order valence-electron chi connectivity index (χ3n) is 3.35. The number of hydrogen-bond acceptors (Lipinski definition) is 4. The molecule has 0 aliphatic carbocycles. The number of amides is 2. The number of carbonyl (C=O) groups excluding carboxylic acids is 2. The minimum atomic E-state index is -0.599. The van der Waals surface area contributed by atoms with E-state index in [2.05, 4.69) is 15.5 Å². The molecule has 7 nitrogen and oxygen atoms in total. The van der Waals surface area contributed by atoms with Gasteiger partial charge in [-0.2, -0.15) is 0 Å². The van der Waals surface area contributed by atoms with E-state index < -0.39 is 5.91 Å². The second-order valence-corrected chi connectivity index (χ2v) is 5.00. The Balaban J connectivity index is 1.99. The maximum atomic E-state index is 12.0. The summed E-state index contributed by atoms with van der Waals surface area (Å²) in [6.45, 7) is 6.13. The van der Waals surface area contributed by atoms with Crippen LogP contribution in [0.5, 0.6) is 0 Å². The SMILES string of the molecule is Cc1noc(C)c1C(C)CNC(=O)c1ccc(C(N)=O)[nH]1. The van der Waals surface area contributed by atoms with Crippen LogP contribution in [0.1, 0.15) is 50.8 Å². The number of aryl methyl sites for hydroxylation is 2. The fourth-order valence-electron chi connectivity index (χ4n) is 2.31. The van der Waals surface area contributed by atoms with Gasteiger partial charge in [0.15, 0.2) is 0 Å². The number of hydrogen-bond donors (Lipinski definition) is 3. The molecule has 0 radical (unpaired) electrons. The average molecular weight is 290 g/mol. The zero-order chi connectivity index (χ0) is 15.6. The lowest BCUT2D eigenvalue weighted by atomic mass is 9.99. The number of aromatic nitrogens is 2. The van der Waals surface area contributed by atoms with Gasteiger partial charge >= 0.3 is 0 Å². The van der Waals surface area contributed by atoms with Crippen molar-refractivity contribution >= 4 is 11.8 Å². The van der Waals surface area contributed by atoms with Crippen LogP contribution >= 0.6 is 0 Å². The van der Waals surface area contributed by atoms with Crippen LogP contribution in [0.4, 0.5) is 0 Å². The second kappa shape index (κ2) is 5.82. The normalized spacial score (nSPS) is 12.1. The number of rotatable bonds is 5. The summed E-state index contributed by atoms with van der Waals surface area (Å²) in [7, 11) is 0. The molecule has 7 heteroatoms. The standard InChI is InChI=1S/C14H18N4O3/c1-7(12-8(2)18-21-9(12)3)6-16-14(20)11-5-4-10(17-11)13(15)19/h4-5,7,17H,6H2,1-3H3,(H2,15,19)(H,16,20). The monoisotopic (exact) mass is 290 g/mol. The molecule has 2 aromatic rings. The first-order valence-electron chi connectivity index (χ1n) is 6.60. The molecular formula is C14H18N4O3. The molecule has 1 unspecified atom stereocenters. The highest BCUT2D eigenvalue weighted by molar-refractivity contribution is 5.96. The van der Waals surface area contributed by atoms with Gasteiger partial charge < -0.3 is 20.6 Å². The van der Waals surface area contributed by atoms with Crippen molar-refractivity contribution in [3.63, 3.8) is 0 Å². The quantitative estimate of drug-likeness (QED) is 0.768. The molecule has 0 saturated carbocycles. The van der Waals surface area contributed by atoms with Crippen LogP contribution in [0, 0.1) is 13.8 Å². The number of primary amides is 1. The van der Waals surface area contributed by atoms with Crippen molar-refractivity contribution in [1.82, 2.24) is 15.5 Å². The summed E-state index contributed by atoms with van der Waals surface area (Å²) in [5.41, 5.74) is 7.46. The molecule has 0 fully saturated rings. The largest absolute Gasteiger partial charge is 0.364 e. The van der Waals surface area contributed by atoms with Crippen LogP contribution in [0.15, 0.2) is 16.7 Å². The maximum Gasteiger partial charge on any atom is 0.267 e. The zero-order valence-electron chi connectivity index (χ0n) is 12.2. The number of nitrogens with zero attached hydrogens (tertiary/aromatic N) is 1. The Labute approximate surface area is 121 Å². The van der Waals surface area contributed by atoms with Crippen LogP contribution in [-0.4, -0.2) is 28.5 Å². The van der Waals surface area contributed by atoms with Crippen molar-refractivity contribution in [1.29, 1.82) is 0 Å². The van der Waals surface area contributed by atoms with E-state index in [4.69, 9.17) is 10.3 Å². The van der Waals surface area contributed by atoms with Crippen molar-refractivity contribution < 1.29 is 14.1 Å². The summed E-state index contributed by atoms with van der Waals surface area (Å²) in [5, 5.41) is 6.70. The molecule has 2 heterocycles. The van der Waals surface area contributed by atoms with Gasteiger partial charge in [-0.25, -0.2) is 0 Å². The summed E-state index contributed by atoms with van der Waals surface area (Å²) in [6.07, 6.45) is 0. The smallest absolute Gasteiger partial charge is 0.267 e. The Bertz CT molecular complexity index is 652. The molecule has 4 N–H and O–H groups in total. The second-order valence-electron chi connectivity index (χ2n) is 5.00. The Hall–Kier alpha value is -2.57. The third-order valence-corrected chi connectivity index (χ3v) is 3.35. The topological polar surface area (TPSA) is 114 Å². The van der Waals surface area contributed by atoms with Gasteiger partial charge in [-0.1, -0.05) is 12.1 Å². The molecule has 21 heavy (non-hydrogen) atoms. The van der Waals surface area contributed by atoms with Crippen molar-refractivity contribution in [3.05, 3.63) is 40.5 Å². The van der Waals surface area contributed by atoms with Gasteiger partial charge in [-0.15, -0.1) is 0 Å². The van der Waals surface area contributed by atoms with Gasteiger partial charge in [-0.3, -0.25) is 9.59 Å². The minimum Gasteiger partial charge on any atom is -0.364 e. The van der Waals surface area contributed by atoms with Crippen LogP contribution < -0.4 is 11.1 Å². The molecule has 112 valence electrons. The molecule has 1 atom stereocenters. The van der Waals surface area contributed by atoms with E-state index >= 15 is 0 Å². The molecular weight excluding hydrogens is 272 g/mol. The van der Waals surface area contributed by atoms with Crippen molar-refractivity contribution in [2.45, 2.75) is 26.7 Å². The summed E-state index contributed by atoms with van der Waals surface area (Å²) in [4.78, 5) is 25.6. The molecule has 0 aromatic carbocycles. The van der Waals surface area contributed by atoms with E-state index in [-0.39, 0.29) is 17.5 Å². The first-order valence-corrected chi connectivity index (χ1v) is 6.60. The van der Waals surface area contributed by atoms with Gasteiger partial charge in [0, 0.05) is 18.0 Å². The number of aromatic amines is 1. The zero-order valence-corrected chi connectivity index (χ0v) is 12.2. The van der Waals surface area contributed by atoms with E-state index in [1.807, 2.05) is 20.8 Å². The molecule has 2 rings (SSSR count). The Morgan fingerprint density at radius 3 is 2.57 bits per heavy atom. The lowest BCUT2D eigenvalue weighted by Crippen LogP contribution is -2.28. The molecule has 0 aliphatic rings. The first-order chi connectivity index (χ1) is 9.90. The molecule has 0 bridgehead atoms. The lowest BCUT2D eigenvalue weighted by molar-refractivity contribution is 0.0947. The van der Waals surface area contributed by atoms with Gasteiger partial charge in [0.1, 0.15) is 17.1 Å². The van der Waals surface area contributed by atoms with Crippen molar-refractivity contribution in [2.24, 2.45) is 5.73 Å². The van der Waals surface area contributed by atoms with Crippen molar-refractivity contribution in [2.75, 3.05) is 6.54 Å². The number of carbonyl (C=O) groups is 2. The summed E-state index contributed by atoms with van der Waals surface area (Å²) in [6, 6.07) is 3.00. The van der Waals surface area contributed by atoms with Crippen LogP contribution in [0.3, 0.4) is 0 Å². The molecule has 0 saturated heterocycles. The summed E-state index contributed by atoms with van der Waals surface area (Å²) in [5.74, 6) is -0.0600. The highest BCUT2D eigenvalue weighted by Crippen LogP contribution is 2.22.